The lowest BCUT2D eigenvalue weighted by atomic mass is 9.81. The molecule has 3 heteroatoms. The first-order valence-corrected chi connectivity index (χ1v) is 12.6. The summed E-state index contributed by atoms with van der Waals surface area (Å²) in [7, 11) is 2.14. The van der Waals surface area contributed by atoms with Crippen LogP contribution in [0.3, 0.4) is 0 Å². The van der Waals surface area contributed by atoms with Crippen LogP contribution in [0.5, 0.6) is 11.5 Å². The molecule has 1 atom stereocenters. The highest BCUT2D eigenvalue weighted by Gasteiger charge is 2.35. The van der Waals surface area contributed by atoms with Crippen LogP contribution in [-0.2, 0) is 13.5 Å². The van der Waals surface area contributed by atoms with Crippen molar-refractivity contribution in [2.75, 3.05) is 6.61 Å². The number of aryl methyl sites for hydroxylation is 1. The van der Waals surface area contributed by atoms with E-state index in [1.54, 1.807) is 0 Å². The monoisotopic (exact) mass is 454 g/mol. The number of benzene rings is 3. The van der Waals surface area contributed by atoms with E-state index in [0.29, 0.717) is 11.8 Å². The number of aliphatic hydroxyl groups excluding tert-OH is 1. The van der Waals surface area contributed by atoms with Crippen LogP contribution in [0.4, 0.5) is 0 Å². The normalized spacial score (nSPS) is 13.6. The highest BCUT2D eigenvalue weighted by molar-refractivity contribution is 6.07. The van der Waals surface area contributed by atoms with E-state index in [4.69, 9.17) is 4.74 Å². The molecule has 1 aromatic heterocycles. The maximum atomic E-state index is 9.86. The van der Waals surface area contributed by atoms with Gasteiger partial charge < -0.3 is 9.84 Å². The number of aliphatic hydroxyl groups is 1. The van der Waals surface area contributed by atoms with Crippen LogP contribution in [-0.4, -0.2) is 11.7 Å². The molecule has 0 bridgehead atoms. The first-order valence-electron chi connectivity index (χ1n) is 12.6. The summed E-state index contributed by atoms with van der Waals surface area (Å²) in [6.45, 7) is 11.4. The standard InChI is InChI=1S/C31H36NO2/c1-18(2)15-25-23-9-7-8-10-24(23)27(20(5)12-14-33)29-30-28-21(11-13-32(30)6)16-22(19(3)4)17-26(28)34-31(25)29/h7-11,13,16-20,33H,12,14-15H2,1-6H3/q+1. The van der Waals surface area contributed by atoms with Crippen molar-refractivity contribution in [3.63, 3.8) is 0 Å². The molecular formula is C31H36NO2+. The first kappa shape index (κ1) is 22.9. The molecule has 1 N–H and O–H groups in total. The molecule has 0 saturated heterocycles. The Labute approximate surface area is 203 Å². The van der Waals surface area contributed by atoms with Crippen LogP contribution in [0.15, 0.2) is 48.7 Å². The molecule has 3 nitrogen and oxygen atoms in total. The van der Waals surface area contributed by atoms with E-state index >= 15 is 0 Å². The minimum Gasteiger partial charge on any atom is -0.455 e. The van der Waals surface area contributed by atoms with Crippen LogP contribution in [0.2, 0.25) is 0 Å². The number of fused-ring (bicyclic) bond motifs is 3. The van der Waals surface area contributed by atoms with Crippen molar-refractivity contribution < 1.29 is 14.4 Å². The van der Waals surface area contributed by atoms with Crippen LogP contribution in [0.25, 0.3) is 32.8 Å². The number of ether oxygens (including phenoxy) is 1. The van der Waals surface area contributed by atoms with Gasteiger partial charge in [-0.2, -0.15) is 0 Å². The molecule has 176 valence electrons. The number of hydrogen-bond acceptors (Lipinski definition) is 2. The van der Waals surface area contributed by atoms with E-state index in [9.17, 15) is 5.11 Å². The minimum absolute atomic E-state index is 0.170. The Hall–Kier alpha value is -2.91. The SMILES string of the molecule is CC(C)Cc1c2c(c(C(C)CCO)c3ccccc13)-c1c3c(cc(C(C)C)cc3cc[n+]1C)O2. The van der Waals surface area contributed by atoms with Gasteiger partial charge in [0.15, 0.2) is 6.20 Å². The summed E-state index contributed by atoms with van der Waals surface area (Å²) in [5, 5.41) is 14.8. The van der Waals surface area contributed by atoms with Crippen LogP contribution < -0.4 is 9.30 Å². The van der Waals surface area contributed by atoms with Crippen LogP contribution in [0.1, 0.15) is 69.6 Å². The predicted molar refractivity (Wildman–Crippen MR) is 141 cm³/mol. The second-order valence-electron chi connectivity index (χ2n) is 10.7. The van der Waals surface area contributed by atoms with E-state index < -0.39 is 0 Å². The van der Waals surface area contributed by atoms with Gasteiger partial charge in [-0.3, -0.25) is 0 Å². The molecule has 1 aliphatic rings. The molecule has 0 saturated carbocycles. The fourth-order valence-corrected chi connectivity index (χ4v) is 5.63. The van der Waals surface area contributed by atoms with Crippen molar-refractivity contribution in [3.8, 4) is 22.8 Å². The van der Waals surface area contributed by atoms with Crippen LogP contribution in [0, 0.1) is 5.92 Å². The lowest BCUT2D eigenvalue weighted by Crippen LogP contribution is -2.32. The Morgan fingerprint density at radius 2 is 1.71 bits per heavy atom. The van der Waals surface area contributed by atoms with Crippen molar-refractivity contribution in [2.45, 2.75) is 59.3 Å². The third kappa shape index (κ3) is 3.58. The average molecular weight is 455 g/mol. The van der Waals surface area contributed by atoms with E-state index in [1.165, 1.54) is 49.5 Å². The van der Waals surface area contributed by atoms with Gasteiger partial charge >= 0.3 is 0 Å². The van der Waals surface area contributed by atoms with Gasteiger partial charge in [-0.1, -0.05) is 65.0 Å². The molecule has 34 heavy (non-hydrogen) atoms. The topological polar surface area (TPSA) is 33.3 Å². The number of hydrogen-bond donors (Lipinski definition) is 1. The molecule has 0 aliphatic carbocycles. The van der Waals surface area contributed by atoms with Gasteiger partial charge in [0.05, 0.1) is 10.9 Å². The summed E-state index contributed by atoms with van der Waals surface area (Å²) in [6, 6.07) is 15.5. The zero-order valence-electron chi connectivity index (χ0n) is 21.3. The molecule has 0 radical (unpaired) electrons. The van der Waals surface area contributed by atoms with E-state index in [1.807, 2.05) is 0 Å². The quantitative estimate of drug-likeness (QED) is 0.271. The third-order valence-corrected chi connectivity index (χ3v) is 7.32. The number of pyridine rings is 1. The second kappa shape index (κ2) is 8.70. The Balaban J connectivity index is 1.98. The maximum Gasteiger partial charge on any atom is 0.228 e. The van der Waals surface area contributed by atoms with E-state index in [0.717, 1.165) is 24.3 Å². The summed E-state index contributed by atoms with van der Waals surface area (Å²) in [6.07, 6.45) is 3.85. The van der Waals surface area contributed by atoms with Gasteiger partial charge in [-0.05, 0) is 63.9 Å². The maximum absolute atomic E-state index is 9.86. The lowest BCUT2D eigenvalue weighted by Gasteiger charge is -2.29. The number of nitrogens with zero attached hydrogens (tertiary/aromatic N) is 1. The van der Waals surface area contributed by atoms with Crippen molar-refractivity contribution in [2.24, 2.45) is 13.0 Å². The number of aromatic nitrogens is 1. The third-order valence-electron chi connectivity index (χ3n) is 7.32. The fourth-order valence-electron chi connectivity index (χ4n) is 5.63. The first-order chi connectivity index (χ1) is 16.3. The predicted octanol–water partition coefficient (Wildman–Crippen LogP) is 7.40. The minimum atomic E-state index is 0.170. The molecule has 0 fully saturated rings. The summed E-state index contributed by atoms with van der Waals surface area (Å²) in [5.74, 6) is 3.09. The molecule has 4 aromatic rings. The smallest absolute Gasteiger partial charge is 0.228 e. The summed E-state index contributed by atoms with van der Waals surface area (Å²) >= 11 is 0. The zero-order valence-corrected chi connectivity index (χ0v) is 21.3. The summed E-state index contributed by atoms with van der Waals surface area (Å²) in [5.41, 5.74) is 6.30. The summed E-state index contributed by atoms with van der Waals surface area (Å²) in [4.78, 5) is 0. The largest absolute Gasteiger partial charge is 0.455 e. The molecule has 0 spiro atoms. The van der Waals surface area contributed by atoms with Gasteiger partial charge in [-0.15, -0.1) is 0 Å². The van der Waals surface area contributed by atoms with Gasteiger partial charge in [0, 0.05) is 18.2 Å². The lowest BCUT2D eigenvalue weighted by molar-refractivity contribution is -0.659. The van der Waals surface area contributed by atoms with Crippen LogP contribution >= 0.6 is 0 Å². The summed E-state index contributed by atoms with van der Waals surface area (Å²) < 4.78 is 9.18. The van der Waals surface area contributed by atoms with Crippen molar-refractivity contribution in [1.82, 2.24) is 0 Å². The average Bonchev–Trinajstić information content (AvgIpc) is 2.80. The van der Waals surface area contributed by atoms with Crippen molar-refractivity contribution >= 4 is 21.5 Å². The second-order valence-corrected chi connectivity index (χ2v) is 10.7. The van der Waals surface area contributed by atoms with Crippen molar-refractivity contribution in [1.29, 1.82) is 0 Å². The Bertz CT molecular complexity index is 1400. The molecule has 3 aromatic carbocycles. The molecule has 1 unspecified atom stereocenters. The Morgan fingerprint density at radius 1 is 0.971 bits per heavy atom. The Morgan fingerprint density at radius 3 is 2.38 bits per heavy atom. The highest BCUT2D eigenvalue weighted by atomic mass is 16.5. The van der Waals surface area contributed by atoms with E-state index in [-0.39, 0.29) is 12.5 Å². The molecular weight excluding hydrogens is 418 g/mol. The molecule has 2 heterocycles. The van der Waals surface area contributed by atoms with Gasteiger partial charge in [0.2, 0.25) is 5.69 Å². The molecule has 0 amide bonds. The fraction of sp³-hybridized carbons (Fsp3) is 0.387. The number of rotatable bonds is 6. The highest BCUT2D eigenvalue weighted by Crippen LogP contribution is 2.53. The van der Waals surface area contributed by atoms with Gasteiger partial charge in [0.1, 0.15) is 18.5 Å². The van der Waals surface area contributed by atoms with Gasteiger partial charge in [-0.25, -0.2) is 4.57 Å². The van der Waals surface area contributed by atoms with Gasteiger partial charge in [0.25, 0.3) is 0 Å². The van der Waals surface area contributed by atoms with Crippen molar-refractivity contribution in [3.05, 3.63) is 65.4 Å². The molecule has 5 rings (SSSR count). The van der Waals surface area contributed by atoms with E-state index in [2.05, 4.69) is 94.9 Å². The zero-order chi connectivity index (χ0) is 24.1. The molecule has 1 aliphatic heterocycles. The Kier molecular flexibility index (Phi) is 5.85.